The molecule has 2 N–H and O–H groups in total. The van der Waals surface area contributed by atoms with Crippen LogP contribution >= 0.6 is 23.2 Å². The van der Waals surface area contributed by atoms with E-state index in [1.807, 2.05) is 25.1 Å². The van der Waals surface area contributed by atoms with Gasteiger partial charge in [0.1, 0.15) is 10.7 Å². The third-order valence-corrected chi connectivity index (χ3v) is 5.35. The summed E-state index contributed by atoms with van der Waals surface area (Å²) in [5.74, 6) is -1.58. The zero-order valence-corrected chi connectivity index (χ0v) is 18.4. The molecule has 3 aromatic rings. The van der Waals surface area contributed by atoms with Crippen molar-refractivity contribution in [2.24, 2.45) is 0 Å². The molecule has 0 fully saturated rings. The van der Waals surface area contributed by atoms with E-state index in [1.54, 1.807) is 48.5 Å². The zero-order valence-electron chi connectivity index (χ0n) is 16.9. The van der Waals surface area contributed by atoms with E-state index < -0.39 is 11.8 Å². The van der Waals surface area contributed by atoms with Gasteiger partial charge in [-0.25, -0.2) is 4.90 Å². The van der Waals surface area contributed by atoms with E-state index in [0.29, 0.717) is 27.6 Å². The largest absolute Gasteiger partial charge is 0.350 e. The molecular weight excluding hydrogens is 449 g/mol. The van der Waals surface area contributed by atoms with Gasteiger partial charge in [0, 0.05) is 22.0 Å². The Balaban J connectivity index is 1.55. The minimum atomic E-state index is -0.658. The molecule has 3 amide bonds. The van der Waals surface area contributed by atoms with Gasteiger partial charge < -0.3 is 10.6 Å². The van der Waals surface area contributed by atoms with Crippen LogP contribution in [0.25, 0.3) is 0 Å². The standard InChI is InChI=1S/C24H17Cl2N3O3/c1-14-5-2-8-17(11-14)28-22(30)15-6-3-9-18(12-15)27-21-20(26)23(31)29(24(21)32)19-10-4-7-16(25)13-19/h2-13,27H,1H3,(H,28,30). The predicted molar refractivity (Wildman–Crippen MR) is 126 cm³/mol. The molecule has 0 bridgehead atoms. The fourth-order valence-corrected chi connectivity index (χ4v) is 3.67. The second kappa shape index (κ2) is 8.86. The fourth-order valence-electron chi connectivity index (χ4n) is 3.27. The van der Waals surface area contributed by atoms with E-state index >= 15 is 0 Å². The molecule has 0 saturated carbocycles. The Bertz CT molecular complexity index is 1290. The molecule has 1 heterocycles. The van der Waals surface area contributed by atoms with Gasteiger partial charge in [0.25, 0.3) is 17.7 Å². The number of rotatable bonds is 5. The monoisotopic (exact) mass is 465 g/mol. The number of carbonyl (C=O) groups excluding carboxylic acids is 3. The molecule has 0 saturated heterocycles. The lowest BCUT2D eigenvalue weighted by atomic mass is 10.1. The van der Waals surface area contributed by atoms with Crippen LogP contribution < -0.4 is 15.5 Å². The highest BCUT2D eigenvalue weighted by Gasteiger charge is 2.39. The molecular formula is C24H17Cl2N3O3. The number of halogens is 2. The summed E-state index contributed by atoms with van der Waals surface area (Å²) in [6.45, 7) is 1.93. The second-order valence-corrected chi connectivity index (χ2v) is 7.96. The van der Waals surface area contributed by atoms with Crippen LogP contribution in [0.5, 0.6) is 0 Å². The number of anilines is 3. The van der Waals surface area contributed by atoms with Crippen molar-refractivity contribution in [2.75, 3.05) is 15.5 Å². The molecule has 4 rings (SSSR count). The molecule has 0 atom stereocenters. The van der Waals surface area contributed by atoms with Gasteiger partial charge in [-0.3, -0.25) is 14.4 Å². The first kappa shape index (κ1) is 21.6. The summed E-state index contributed by atoms with van der Waals surface area (Å²) in [6, 6.07) is 20.3. The van der Waals surface area contributed by atoms with Crippen molar-refractivity contribution in [1.29, 1.82) is 0 Å². The first-order valence-electron chi connectivity index (χ1n) is 9.63. The number of nitrogens with one attached hydrogen (secondary N) is 2. The van der Waals surface area contributed by atoms with Crippen LogP contribution in [0.3, 0.4) is 0 Å². The highest BCUT2D eigenvalue weighted by molar-refractivity contribution is 6.53. The Kier molecular flexibility index (Phi) is 5.99. The van der Waals surface area contributed by atoms with Crippen molar-refractivity contribution in [3.05, 3.63) is 99.7 Å². The second-order valence-electron chi connectivity index (χ2n) is 7.14. The van der Waals surface area contributed by atoms with Gasteiger partial charge >= 0.3 is 0 Å². The fraction of sp³-hybridized carbons (Fsp3) is 0.0417. The van der Waals surface area contributed by atoms with Gasteiger partial charge in [0.05, 0.1) is 5.69 Å². The van der Waals surface area contributed by atoms with Gasteiger partial charge in [0.15, 0.2) is 0 Å². The zero-order chi connectivity index (χ0) is 22.8. The van der Waals surface area contributed by atoms with E-state index in [9.17, 15) is 14.4 Å². The van der Waals surface area contributed by atoms with Crippen molar-refractivity contribution in [3.63, 3.8) is 0 Å². The van der Waals surface area contributed by atoms with Gasteiger partial charge in [-0.05, 0) is 61.0 Å². The molecule has 0 spiro atoms. The van der Waals surface area contributed by atoms with Crippen LogP contribution in [-0.4, -0.2) is 17.7 Å². The molecule has 32 heavy (non-hydrogen) atoms. The van der Waals surface area contributed by atoms with E-state index in [1.165, 1.54) is 6.07 Å². The number of benzene rings is 3. The van der Waals surface area contributed by atoms with Crippen LogP contribution in [0.4, 0.5) is 17.1 Å². The topological polar surface area (TPSA) is 78.5 Å². The average Bonchev–Trinajstić information content (AvgIpc) is 2.97. The molecule has 8 heteroatoms. The molecule has 6 nitrogen and oxygen atoms in total. The molecule has 0 aliphatic carbocycles. The number of nitrogens with zero attached hydrogens (tertiary/aromatic N) is 1. The number of amides is 3. The Hall–Kier alpha value is -3.61. The highest BCUT2D eigenvalue weighted by Crippen LogP contribution is 2.31. The summed E-state index contributed by atoms with van der Waals surface area (Å²) in [5, 5.41) is 5.84. The Morgan fingerprint density at radius 1 is 0.844 bits per heavy atom. The predicted octanol–water partition coefficient (Wildman–Crippen LogP) is 5.34. The van der Waals surface area contributed by atoms with Crippen molar-refractivity contribution in [1.82, 2.24) is 0 Å². The molecule has 0 aromatic heterocycles. The van der Waals surface area contributed by atoms with Gasteiger partial charge in [-0.2, -0.15) is 0 Å². The Labute approximate surface area is 194 Å². The maximum absolute atomic E-state index is 12.9. The molecule has 3 aromatic carbocycles. The lowest BCUT2D eigenvalue weighted by Gasteiger charge is -2.15. The summed E-state index contributed by atoms with van der Waals surface area (Å²) in [7, 11) is 0. The van der Waals surface area contributed by atoms with Crippen molar-refractivity contribution >= 4 is 58.0 Å². The quantitative estimate of drug-likeness (QED) is 0.498. The van der Waals surface area contributed by atoms with E-state index in [-0.39, 0.29) is 16.6 Å². The SMILES string of the molecule is Cc1cccc(NC(=O)c2cccc(NC3=C(Cl)C(=O)N(c4cccc(Cl)c4)C3=O)c2)c1. The summed E-state index contributed by atoms with van der Waals surface area (Å²) in [4.78, 5) is 39.1. The Morgan fingerprint density at radius 2 is 1.56 bits per heavy atom. The summed E-state index contributed by atoms with van der Waals surface area (Å²) >= 11 is 12.2. The van der Waals surface area contributed by atoms with E-state index in [2.05, 4.69) is 10.6 Å². The number of hydrogen-bond donors (Lipinski definition) is 2. The van der Waals surface area contributed by atoms with Gasteiger partial charge in [-0.1, -0.05) is 47.5 Å². The van der Waals surface area contributed by atoms with Crippen LogP contribution in [0.2, 0.25) is 5.02 Å². The minimum absolute atomic E-state index is 0.0760. The molecule has 1 aliphatic heterocycles. The number of aryl methyl sites for hydroxylation is 1. The maximum atomic E-state index is 12.9. The first-order chi connectivity index (χ1) is 15.3. The lowest BCUT2D eigenvalue weighted by molar-refractivity contribution is -0.120. The first-order valence-corrected chi connectivity index (χ1v) is 10.4. The van der Waals surface area contributed by atoms with Gasteiger partial charge in [0.2, 0.25) is 0 Å². The van der Waals surface area contributed by atoms with E-state index in [4.69, 9.17) is 23.2 Å². The average molecular weight is 466 g/mol. The third-order valence-electron chi connectivity index (χ3n) is 4.76. The highest BCUT2D eigenvalue weighted by atomic mass is 35.5. The Morgan fingerprint density at radius 3 is 2.31 bits per heavy atom. The summed E-state index contributed by atoms with van der Waals surface area (Å²) in [6.07, 6.45) is 0. The van der Waals surface area contributed by atoms with Crippen LogP contribution in [0, 0.1) is 6.92 Å². The lowest BCUT2D eigenvalue weighted by Crippen LogP contribution is -2.32. The summed E-state index contributed by atoms with van der Waals surface area (Å²) in [5.41, 5.74) is 2.74. The van der Waals surface area contributed by atoms with Crippen LogP contribution in [0.15, 0.2) is 83.5 Å². The molecule has 0 radical (unpaired) electrons. The molecule has 160 valence electrons. The smallest absolute Gasteiger partial charge is 0.283 e. The van der Waals surface area contributed by atoms with E-state index in [0.717, 1.165) is 10.5 Å². The minimum Gasteiger partial charge on any atom is -0.350 e. The third kappa shape index (κ3) is 4.37. The molecule has 1 aliphatic rings. The number of carbonyl (C=O) groups is 3. The maximum Gasteiger partial charge on any atom is 0.283 e. The van der Waals surface area contributed by atoms with Crippen LogP contribution in [-0.2, 0) is 9.59 Å². The van der Waals surface area contributed by atoms with Crippen molar-refractivity contribution < 1.29 is 14.4 Å². The van der Waals surface area contributed by atoms with Crippen molar-refractivity contribution in [2.45, 2.75) is 6.92 Å². The number of hydrogen-bond acceptors (Lipinski definition) is 4. The normalized spacial score (nSPS) is 13.5. The summed E-state index contributed by atoms with van der Waals surface area (Å²) < 4.78 is 0. The number of imide groups is 1. The van der Waals surface area contributed by atoms with Crippen molar-refractivity contribution in [3.8, 4) is 0 Å². The molecule has 0 unspecified atom stereocenters. The van der Waals surface area contributed by atoms with Crippen LogP contribution in [0.1, 0.15) is 15.9 Å². The van der Waals surface area contributed by atoms with Gasteiger partial charge in [-0.15, -0.1) is 0 Å².